The number of methoxy groups -OCH3 is 1. The molecular formula is C21H21N5O3. The number of rotatable bonds is 6. The average molecular weight is 391 g/mol. The normalized spacial score (nSPS) is 10.2. The van der Waals surface area contributed by atoms with Gasteiger partial charge in [0.15, 0.2) is 0 Å². The molecule has 1 aromatic heterocycles. The maximum absolute atomic E-state index is 12.4. The zero-order valence-corrected chi connectivity index (χ0v) is 16.3. The van der Waals surface area contributed by atoms with Crippen molar-refractivity contribution in [1.82, 2.24) is 9.97 Å². The van der Waals surface area contributed by atoms with Crippen molar-refractivity contribution in [2.45, 2.75) is 0 Å². The first-order chi connectivity index (χ1) is 14.0. The lowest BCUT2D eigenvalue weighted by Crippen LogP contribution is -2.13. The predicted octanol–water partition coefficient (Wildman–Crippen LogP) is 3.33. The highest BCUT2D eigenvalue weighted by Crippen LogP contribution is 2.17. The maximum atomic E-state index is 12.4. The molecule has 0 saturated carbocycles. The molecule has 1 heterocycles. The van der Waals surface area contributed by atoms with E-state index in [2.05, 4.69) is 25.3 Å². The molecule has 0 spiro atoms. The van der Waals surface area contributed by atoms with Crippen molar-refractivity contribution in [3.8, 4) is 0 Å². The summed E-state index contributed by atoms with van der Waals surface area (Å²) in [4.78, 5) is 34.1. The Balaban J connectivity index is 1.61. The van der Waals surface area contributed by atoms with Gasteiger partial charge < -0.3 is 20.3 Å². The molecule has 2 aromatic carbocycles. The molecule has 148 valence electrons. The van der Waals surface area contributed by atoms with E-state index in [0.717, 1.165) is 5.69 Å². The number of hydrogen-bond acceptors (Lipinski definition) is 7. The van der Waals surface area contributed by atoms with Crippen molar-refractivity contribution in [3.05, 3.63) is 72.1 Å². The van der Waals surface area contributed by atoms with Crippen molar-refractivity contribution in [1.29, 1.82) is 0 Å². The second-order valence-electron chi connectivity index (χ2n) is 6.38. The fraction of sp³-hybridized carbons (Fsp3) is 0.143. The molecular weight excluding hydrogens is 370 g/mol. The fourth-order valence-corrected chi connectivity index (χ4v) is 2.49. The van der Waals surface area contributed by atoms with Crippen LogP contribution in [0.1, 0.15) is 20.7 Å². The van der Waals surface area contributed by atoms with E-state index in [-0.39, 0.29) is 5.91 Å². The molecule has 8 heteroatoms. The second kappa shape index (κ2) is 8.83. The lowest BCUT2D eigenvalue weighted by Gasteiger charge is -2.13. The van der Waals surface area contributed by atoms with Gasteiger partial charge in [-0.05, 0) is 48.5 Å². The van der Waals surface area contributed by atoms with Gasteiger partial charge in [0.25, 0.3) is 5.91 Å². The van der Waals surface area contributed by atoms with Gasteiger partial charge in [0.1, 0.15) is 0 Å². The molecule has 1 amide bonds. The van der Waals surface area contributed by atoms with Crippen LogP contribution in [0.3, 0.4) is 0 Å². The summed E-state index contributed by atoms with van der Waals surface area (Å²) < 4.78 is 4.66. The lowest BCUT2D eigenvalue weighted by atomic mass is 10.2. The van der Waals surface area contributed by atoms with E-state index >= 15 is 0 Å². The van der Waals surface area contributed by atoms with Crippen molar-refractivity contribution in [2.24, 2.45) is 0 Å². The zero-order chi connectivity index (χ0) is 20.8. The van der Waals surface area contributed by atoms with Crippen LogP contribution in [0, 0.1) is 0 Å². The van der Waals surface area contributed by atoms with Gasteiger partial charge in [-0.15, -0.1) is 0 Å². The molecule has 2 N–H and O–H groups in total. The standard InChI is InChI=1S/C21H21N5O3/c1-26(2)18-10-8-16(9-11-18)24-19(27)15-12-22-21(23-13-15)25-17-6-4-14(5-7-17)20(28)29-3/h4-13H,1-3H3,(H,24,27)(H,22,23,25). The molecule has 0 saturated heterocycles. The highest BCUT2D eigenvalue weighted by molar-refractivity contribution is 6.04. The molecule has 0 unspecified atom stereocenters. The van der Waals surface area contributed by atoms with Crippen LogP contribution in [0.4, 0.5) is 23.0 Å². The van der Waals surface area contributed by atoms with E-state index in [9.17, 15) is 9.59 Å². The van der Waals surface area contributed by atoms with Gasteiger partial charge in [0.05, 0.1) is 18.2 Å². The van der Waals surface area contributed by atoms with Crippen LogP contribution >= 0.6 is 0 Å². The van der Waals surface area contributed by atoms with Gasteiger partial charge >= 0.3 is 5.97 Å². The van der Waals surface area contributed by atoms with E-state index in [0.29, 0.717) is 28.5 Å². The second-order valence-corrected chi connectivity index (χ2v) is 6.38. The lowest BCUT2D eigenvalue weighted by molar-refractivity contribution is 0.0600. The highest BCUT2D eigenvalue weighted by atomic mass is 16.5. The van der Waals surface area contributed by atoms with Gasteiger partial charge in [-0.25, -0.2) is 14.8 Å². The Kier molecular flexibility index (Phi) is 6.03. The van der Waals surface area contributed by atoms with Crippen molar-refractivity contribution < 1.29 is 14.3 Å². The molecule has 0 fully saturated rings. The zero-order valence-electron chi connectivity index (χ0n) is 16.3. The summed E-state index contributed by atoms with van der Waals surface area (Å²) in [6.07, 6.45) is 2.89. The summed E-state index contributed by atoms with van der Waals surface area (Å²) in [5.74, 6) is -0.362. The summed E-state index contributed by atoms with van der Waals surface area (Å²) in [5, 5.41) is 5.82. The molecule has 0 atom stereocenters. The minimum absolute atomic E-state index is 0.295. The summed E-state index contributed by atoms with van der Waals surface area (Å²) in [5.41, 5.74) is 3.23. The summed E-state index contributed by atoms with van der Waals surface area (Å²) in [7, 11) is 5.24. The molecule has 8 nitrogen and oxygen atoms in total. The van der Waals surface area contributed by atoms with Crippen LogP contribution in [0.2, 0.25) is 0 Å². The largest absolute Gasteiger partial charge is 0.465 e. The number of esters is 1. The van der Waals surface area contributed by atoms with Crippen LogP contribution in [0.25, 0.3) is 0 Å². The van der Waals surface area contributed by atoms with E-state index < -0.39 is 5.97 Å². The Bertz CT molecular complexity index is 984. The molecule has 0 aliphatic heterocycles. The molecule has 3 aromatic rings. The van der Waals surface area contributed by atoms with Crippen LogP contribution in [0.15, 0.2) is 60.9 Å². The number of nitrogens with one attached hydrogen (secondary N) is 2. The number of anilines is 4. The van der Waals surface area contributed by atoms with Crippen LogP contribution in [0.5, 0.6) is 0 Å². The monoisotopic (exact) mass is 391 g/mol. The van der Waals surface area contributed by atoms with E-state index in [1.54, 1.807) is 24.3 Å². The third-order valence-corrected chi connectivity index (χ3v) is 4.12. The van der Waals surface area contributed by atoms with Gasteiger partial charge in [0.2, 0.25) is 5.95 Å². The SMILES string of the molecule is COC(=O)c1ccc(Nc2ncc(C(=O)Nc3ccc(N(C)C)cc3)cn2)cc1. The Morgan fingerprint density at radius 2 is 1.45 bits per heavy atom. The Morgan fingerprint density at radius 1 is 0.862 bits per heavy atom. The molecule has 0 aliphatic carbocycles. The Morgan fingerprint density at radius 3 is 2.00 bits per heavy atom. The molecule has 29 heavy (non-hydrogen) atoms. The molecule has 0 bridgehead atoms. The number of carbonyl (C=O) groups excluding carboxylic acids is 2. The average Bonchev–Trinajstić information content (AvgIpc) is 2.74. The first-order valence-corrected chi connectivity index (χ1v) is 8.82. The topological polar surface area (TPSA) is 96.4 Å². The van der Waals surface area contributed by atoms with Gasteiger partial charge in [0, 0.05) is 43.6 Å². The smallest absolute Gasteiger partial charge is 0.337 e. The van der Waals surface area contributed by atoms with E-state index in [1.807, 2.05) is 43.3 Å². The summed E-state index contributed by atoms with van der Waals surface area (Å²) >= 11 is 0. The number of aromatic nitrogens is 2. The first-order valence-electron chi connectivity index (χ1n) is 8.82. The summed E-state index contributed by atoms with van der Waals surface area (Å²) in [6.45, 7) is 0. The van der Waals surface area contributed by atoms with Crippen LogP contribution < -0.4 is 15.5 Å². The minimum atomic E-state index is -0.403. The van der Waals surface area contributed by atoms with Crippen molar-refractivity contribution in [2.75, 3.05) is 36.7 Å². The summed E-state index contributed by atoms with van der Waals surface area (Å²) in [6, 6.07) is 14.2. The molecule has 3 rings (SSSR count). The predicted molar refractivity (Wildman–Crippen MR) is 112 cm³/mol. The Hall–Kier alpha value is -3.94. The third-order valence-electron chi connectivity index (χ3n) is 4.12. The van der Waals surface area contributed by atoms with Crippen molar-refractivity contribution >= 4 is 34.9 Å². The number of amides is 1. The number of hydrogen-bond donors (Lipinski definition) is 2. The third kappa shape index (κ3) is 5.07. The van der Waals surface area contributed by atoms with E-state index in [1.165, 1.54) is 19.5 Å². The van der Waals surface area contributed by atoms with Crippen molar-refractivity contribution in [3.63, 3.8) is 0 Å². The van der Waals surface area contributed by atoms with Gasteiger partial charge in [-0.2, -0.15) is 0 Å². The van der Waals surface area contributed by atoms with Crippen LogP contribution in [-0.2, 0) is 4.74 Å². The van der Waals surface area contributed by atoms with Gasteiger partial charge in [-0.3, -0.25) is 4.79 Å². The number of ether oxygens (including phenoxy) is 1. The van der Waals surface area contributed by atoms with Gasteiger partial charge in [-0.1, -0.05) is 0 Å². The fourth-order valence-electron chi connectivity index (χ4n) is 2.49. The minimum Gasteiger partial charge on any atom is -0.465 e. The number of carbonyl (C=O) groups is 2. The molecule has 0 aliphatic rings. The number of nitrogens with zero attached hydrogens (tertiary/aromatic N) is 3. The van der Waals surface area contributed by atoms with Crippen LogP contribution in [-0.4, -0.2) is 43.0 Å². The van der Waals surface area contributed by atoms with E-state index in [4.69, 9.17) is 0 Å². The first kappa shape index (κ1) is 19.8. The molecule has 0 radical (unpaired) electrons. The Labute approximate surface area is 168 Å². The number of benzene rings is 2. The quantitative estimate of drug-likeness (QED) is 0.622. The maximum Gasteiger partial charge on any atom is 0.337 e. The highest BCUT2D eigenvalue weighted by Gasteiger charge is 2.09.